The van der Waals surface area contributed by atoms with Crippen LogP contribution >= 0.6 is 0 Å². The molecule has 0 unspecified atom stereocenters. The van der Waals surface area contributed by atoms with Crippen molar-refractivity contribution in [2.75, 3.05) is 10.6 Å². The standard InChI is InChI=1S/C24H24N2O4/c1-17(29-21-12-5-3-6-13-21)23(27)25-19-10-9-11-20(16-19)26-24(28)18(2)30-22-14-7-4-8-15-22/h3-18H,1-2H3,(H,25,27)(H,26,28)/t17-,18-/m1/s1. The maximum Gasteiger partial charge on any atom is 0.265 e. The molecule has 3 rings (SSSR count). The largest absolute Gasteiger partial charge is 0.481 e. The Bertz CT molecular complexity index is 900. The van der Waals surface area contributed by atoms with E-state index in [0.29, 0.717) is 22.9 Å². The molecule has 2 amide bonds. The summed E-state index contributed by atoms with van der Waals surface area (Å²) >= 11 is 0. The van der Waals surface area contributed by atoms with E-state index in [1.165, 1.54) is 0 Å². The molecule has 0 heterocycles. The number of hydrogen-bond donors (Lipinski definition) is 2. The van der Waals surface area contributed by atoms with Crippen LogP contribution in [0.2, 0.25) is 0 Å². The second-order valence-electron chi connectivity index (χ2n) is 6.71. The highest BCUT2D eigenvalue weighted by Gasteiger charge is 2.17. The van der Waals surface area contributed by atoms with E-state index in [4.69, 9.17) is 9.47 Å². The Balaban J connectivity index is 1.56. The highest BCUT2D eigenvalue weighted by molar-refractivity contribution is 5.97. The molecule has 6 heteroatoms. The van der Waals surface area contributed by atoms with E-state index in [-0.39, 0.29) is 11.8 Å². The maximum absolute atomic E-state index is 12.4. The second-order valence-corrected chi connectivity index (χ2v) is 6.71. The molecule has 154 valence electrons. The van der Waals surface area contributed by atoms with Gasteiger partial charge in [-0.05, 0) is 56.3 Å². The lowest BCUT2D eigenvalue weighted by Gasteiger charge is -2.16. The quantitative estimate of drug-likeness (QED) is 0.580. The Kier molecular flexibility index (Phi) is 7.05. The van der Waals surface area contributed by atoms with Crippen molar-refractivity contribution in [3.8, 4) is 11.5 Å². The molecule has 0 radical (unpaired) electrons. The first-order valence-electron chi connectivity index (χ1n) is 9.66. The molecule has 3 aromatic rings. The third kappa shape index (κ3) is 6.10. The fourth-order valence-electron chi connectivity index (χ4n) is 2.68. The number of amides is 2. The molecule has 0 saturated heterocycles. The number of hydrogen-bond acceptors (Lipinski definition) is 4. The van der Waals surface area contributed by atoms with Gasteiger partial charge in [0, 0.05) is 11.4 Å². The monoisotopic (exact) mass is 404 g/mol. The van der Waals surface area contributed by atoms with Crippen LogP contribution in [0.5, 0.6) is 11.5 Å². The molecular weight excluding hydrogens is 380 g/mol. The predicted octanol–water partition coefficient (Wildman–Crippen LogP) is 4.50. The van der Waals surface area contributed by atoms with E-state index >= 15 is 0 Å². The van der Waals surface area contributed by atoms with Gasteiger partial charge >= 0.3 is 0 Å². The predicted molar refractivity (Wildman–Crippen MR) is 117 cm³/mol. The number of anilines is 2. The number of ether oxygens (including phenoxy) is 2. The SMILES string of the molecule is C[C@@H](Oc1ccccc1)C(=O)Nc1cccc(NC(=O)[C@@H](C)Oc2ccccc2)c1. The Labute approximate surface area is 175 Å². The first kappa shape index (κ1) is 20.9. The third-order valence-electron chi connectivity index (χ3n) is 4.25. The van der Waals surface area contributed by atoms with Crippen LogP contribution in [0.3, 0.4) is 0 Å². The summed E-state index contributed by atoms with van der Waals surface area (Å²) in [6.45, 7) is 3.35. The second kappa shape index (κ2) is 10.1. The zero-order valence-corrected chi connectivity index (χ0v) is 16.9. The van der Waals surface area contributed by atoms with Crippen molar-refractivity contribution in [3.63, 3.8) is 0 Å². The highest BCUT2D eigenvalue weighted by Crippen LogP contribution is 2.18. The minimum Gasteiger partial charge on any atom is -0.481 e. The topological polar surface area (TPSA) is 76.7 Å². The molecule has 0 bridgehead atoms. The summed E-state index contributed by atoms with van der Waals surface area (Å²) in [6.07, 6.45) is -1.35. The lowest BCUT2D eigenvalue weighted by atomic mass is 10.2. The third-order valence-corrected chi connectivity index (χ3v) is 4.25. The van der Waals surface area contributed by atoms with Crippen LogP contribution < -0.4 is 20.1 Å². The lowest BCUT2D eigenvalue weighted by molar-refractivity contribution is -0.122. The maximum atomic E-state index is 12.4. The molecule has 0 fully saturated rings. The van der Waals surface area contributed by atoms with E-state index in [2.05, 4.69) is 10.6 Å². The van der Waals surface area contributed by atoms with Crippen LogP contribution in [0.4, 0.5) is 11.4 Å². The van der Waals surface area contributed by atoms with Gasteiger partial charge in [-0.25, -0.2) is 0 Å². The zero-order chi connectivity index (χ0) is 21.3. The van der Waals surface area contributed by atoms with Crippen molar-refractivity contribution in [2.45, 2.75) is 26.1 Å². The van der Waals surface area contributed by atoms with E-state index in [1.54, 1.807) is 62.4 Å². The zero-order valence-electron chi connectivity index (χ0n) is 16.9. The lowest BCUT2D eigenvalue weighted by Crippen LogP contribution is -2.31. The molecule has 0 aliphatic carbocycles. The van der Waals surface area contributed by atoms with Gasteiger partial charge in [0.05, 0.1) is 0 Å². The molecule has 0 aromatic heterocycles. The molecule has 2 atom stereocenters. The van der Waals surface area contributed by atoms with Gasteiger partial charge in [-0.3, -0.25) is 9.59 Å². The molecule has 3 aromatic carbocycles. The van der Waals surface area contributed by atoms with Gasteiger partial charge in [0.25, 0.3) is 11.8 Å². The van der Waals surface area contributed by atoms with E-state index < -0.39 is 12.2 Å². The summed E-state index contributed by atoms with van der Waals surface area (Å²) in [7, 11) is 0. The molecule has 0 aliphatic heterocycles. The molecule has 2 N–H and O–H groups in total. The summed E-state index contributed by atoms with van der Waals surface area (Å²) in [6, 6.07) is 25.2. The average Bonchev–Trinajstić information content (AvgIpc) is 2.75. The molecule has 30 heavy (non-hydrogen) atoms. The van der Waals surface area contributed by atoms with E-state index in [0.717, 1.165) is 0 Å². The first-order chi connectivity index (χ1) is 14.5. The van der Waals surface area contributed by atoms with Crippen molar-refractivity contribution in [1.29, 1.82) is 0 Å². The molecular formula is C24H24N2O4. The van der Waals surface area contributed by atoms with Crippen molar-refractivity contribution >= 4 is 23.2 Å². The summed E-state index contributed by atoms with van der Waals surface area (Å²) in [5, 5.41) is 5.60. The van der Waals surface area contributed by atoms with Gasteiger partial charge in [-0.15, -0.1) is 0 Å². The molecule has 0 spiro atoms. The molecule has 6 nitrogen and oxygen atoms in total. The van der Waals surface area contributed by atoms with Crippen molar-refractivity contribution in [2.24, 2.45) is 0 Å². The summed E-state index contributed by atoms with van der Waals surface area (Å²) in [5.74, 6) is 0.661. The fraction of sp³-hybridized carbons (Fsp3) is 0.167. The van der Waals surface area contributed by atoms with Crippen molar-refractivity contribution in [1.82, 2.24) is 0 Å². The van der Waals surface area contributed by atoms with Crippen molar-refractivity contribution in [3.05, 3.63) is 84.9 Å². The normalized spacial score (nSPS) is 12.3. The first-order valence-corrected chi connectivity index (χ1v) is 9.66. The van der Waals surface area contributed by atoms with Gasteiger partial charge in [0.1, 0.15) is 11.5 Å². The number of para-hydroxylation sites is 2. The molecule has 0 saturated carbocycles. The van der Waals surface area contributed by atoms with Gasteiger partial charge in [0.15, 0.2) is 12.2 Å². The van der Waals surface area contributed by atoms with Gasteiger partial charge in [0.2, 0.25) is 0 Å². The highest BCUT2D eigenvalue weighted by atomic mass is 16.5. The Morgan fingerprint density at radius 2 is 1.03 bits per heavy atom. The van der Waals surface area contributed by atoms with E-state index in [9.17, 15) is 9.59 Å². The number of nitrogens with one attached hydrogen (secondary N) is 2. The van der Waals surface area contributed by atoms with E-state index in [1.807, 2.05) is 36.4 Å². The van der Waals surface area contributed by atoms with Crippen LogP contribution in [-0.4, -0.2) is 24.0 Å². The summed E-state index contributed by atoms with van der Waals surface area (Å²) < 4.78 is 11.3. The van der Waals surface area contributed by atoms with Gasteiger partial charge in [-0.1, -0.05) is 42.5 Å². The van der Waals surface area contributed by atoms with Gasteiger partial charge < -0.3 is 20.1 Å². The van der Waals surface area contributed by atoms with Crippen molar-refractivity contribution < 1.29 is 19.1 Å². The Morgan fingerprint density at radius 3 is 1.43 bits per heavy atom. The Hall–Kier alpha value is -3.80. The van der Waals surface area contributed by atoms with Gasteiger partial charge in [-0.2, -0.15) is 0 Å². The summed E-state index contributed by atoms with van der Waals surface area (Å²) in [5.41, 5.74) is 1.11. The smallest absolute Gasteiger partial charge is 0.265 e. The minimum absolute atomic E-state index is 0.289. The number of carbonyl (C=O) groups excluding carboxylic acids is 2. The average molecular weight is 404 g/mol. The van der Waals surface area contributed by atoms with Crippen LogP contribution in [0.25, 0.3) is 0 Å². The Morgan fingerprint density at radius 1 is 0.633 bits per heavy atom. The van der Waals surface area contributed by atoms with Crippen LogP contribution in [0, 0.1) is 0 Å². The molecule has 0 aliphatic rings. The van der Waals surface area contributed by atoms with Crippen LogP contribution in [0.1, 0.15) is 13.8 Å². The number of rotatable bonds is 8. The van der Waals surface area contributed by atoms with Crippen LogP contribution in [-0.2, 0) is 9.59 Å². The minimum atomic E-state index is -0.676. The number of carbonyl (C=O) groups is 2. The summed E-state index contributed by atoms with van der Waals surface area (Å²) in [4.78, 5) is 24.8. The van der Waals surface area contributed by atoms with Crippen LogP contribution in [0.15, 0.2) is 84.9 Å². The number of benzene rings is 3. The fourth-order valence-corrected chi connectivity index (χ4v) is 2.68.